The van der Waals surface area contributed by atoms with E-state index in [0.717, 1.165) is 5.56 Å². The molecule has 0 saturated carbocycles. The van der Waals surface area contributed by atoms with Crippen molar-refractivity contribution in [3.63, 3.8) is 0 Å². The number of methoxy groups -OCH3 is 1. The van der Waals surface area contributed by atoms with E-state index in [1.165, 1.54) is 13.2 Å². The van der Waals surface area contributed by atoms with E-state index in [-0.39, 0.29) is 23.0 Å². The second-order valence-corrected chi connectivity index (χ2v) is 5.03. The fourth-order valence-corrected chi connectivity index (χ4v) is 2.25. The Kier molecular flexibility index (Phi) is 4.42. The third-order valence-electron chi connectivity index (χ3n) is 3.50. The molecular weight excluding hydrogens is 308 g/mol. The van der Waals surface area contributed by atoms with Crippen molar-refractivity contribution in [2.24, 2.45) is 0 Å². The van der Waals surface area contributed by atoms with E-state index in [1.807, 2.05) is 12.1 Å². The highest BCUT2D eigenvalue weighted by Crippen LogP contribution is 2.29. The smallest absolute Gasteiger partial charge is 0.255 e. The number of benzene rings is 1. The molecule has 0 spiro atoms. The zero-order valence-electron chi connectivity index (χ0n) is 13.0. The number of rotatable bonds is 5. The summed E-state index contributed by atoms with van der Waals surface area (Å²) >= 11 is 0. The molecule has 122 valence electrons. The molecule has 0 atom stereocenters. The first-order chi connectivity index (χ1) is 11.7. The number of pyridine rings is 1. The number of aromatic nitrogens is 3. The number of aromatic hydroxyl groups is 1. The molecule has 3 rings (SSSR count). The summed E-state index contributed by atoms with van der Waals surface area (Å²) in [7, 11) is 1.44. The van der Waals surface area contributed by atoms with Crippen LogP contribution in [0.1, 0.15) is 15.9 Å². The number of hydrogen-bond donors (Lipinski definition) is 2. The van der Waals surface area contributed by atoms with E-state index >= 15 is 0 Å². The van der Waals surface area contributed by atoms with Crippen molar-refractivity contribution >= 4 is 5.91 Å². The second kappa shape index (κ2) is 6.82. The van der Waals surface area contributed by atoms with E-state index in [0.29, 0.717) is 12.4 Å². The van der Waals surface area contributed by atoms with E-state index in [1.54, 1.807) is 41.6 Å². The molecule has 0 aliphatic rings. The van der Waals surface area contributed by atoms with Crippen LogP contribution in [-0.4, -0.2) is 32.7 Å². The summed E-state index contributed by atoms with van der Waals surface area (Å²) in [6.45, 7) is 0.305. The first-order valence-electron chi connectivity index (χ1n) is 7.26. The summed E-state index contributed by atoms with van der Waals surface area (Å²) in [4.78, 5) is 20.5. The highest BCUT2D eigenvalue weighted by atomic mass is 16.5. The number of amides is 1. The van der Waals surface area contributed by atoms with Gasteiger partial charge in [0, 0.05) is 25.1 Å². The normalized spacial score (nSPS) is 10.4. The minimum atomic E-state index is -0.382. The molecule has 0 aliphatic carbocycles. The number of nitrogens with zero attached hydrogens (tertiary/aromatic N) is 3. The minimum Gasteiger partial charge on any atom is -0.504 e. The Balaban J connectivity index is 1.72. The van der Waals surface area contributed by atoms with Crippen LogP contribution in [0.5, 0.6) is 11.5 Å². The van der Waals surface area contributed by atoms with Crippen LogP contribution < -0.4 is 10.1 Å². The molecule has 2 N–H and O–H groups in total. The van der Waals surface area contributed by atoms with Gasteiger partial charge in [-0.05, 0) is 29.8 Å². The first-order valence-corrected chi connectivity index (χ1v) is 7.26. The van der Waals surface area contributed by atoms with Gasteiger partial charge in [0.05, 0.1) is 12.7 Å². The van der Waals surface area contributed by atoms with Crippen LogP contribution >= 0.6 is 0 Å². The largest absolute Gasteiger partial charge is 0.504 e. The molecule has 7 nitrogen and oxygen atoms in total. The third-order valence-corrected chi connectivity index (χ3v) is 3.50. The Labute approximate surface area is 138 Å². The number of ether oxygens (including phenoxy) is 1. The van der Waals surface area contributed by atoms with Crippen molar-refractivity contribution in [1.29, 1.82) is 0 Å². The predicted octanol–water partition coefficient (Wildman–Crippen LogP) is 1.91. The summed E-state index contributed by atoms with van der Waals surface area (Å²) < 4.78 is 6.79. The third kappa shape index (κ3) is 3.19. The number of carbonyl (C=O) groups excluding carboxylic acids is 1. The van der Waals surface area contributed by atoms with Crippen LogP contribution in [0.4, 0.5) is 0 Å². The van der Waals surface area contributed by atoms with Crippen LogP contribution in [0.15, 0.2) is 55.2 Å². The Morgan fingerprint density at radius 1 is 1.33 bits per heavy atom. The van der Waals surface area contributed by atoms with Gasteiger partial charge >= 0.3 is 0 Å². The van der Waals surface area contributed by atoms with Crippen molar-refractivity contribution in [2.75, 3.05) is 7.11 Å². The van der Waals surface area contributed by atoms with Gasteiger partial charge in [-0.25, -0.2) is 9.97 Å². The maximum Gasteiger partial charge on any atom is 0.255 e. The SMILES string of the molecule is COc1cccc(C(=O)NCc2ccnc(-n3ccnc3)c2)c1O. The van der Waals surface area contributed by atoms with E-state index in [4.69, 9.17) is 4.74 Å². The number of nitrogens with one attached hydrogen (secondary N) is 1. The maximum atomic E-state index is 12.3. The summed E-state index contributed by atoms with van der Waals surface area (Å²) in [5.74, 6) is 0.413. The summed E-state index contributed by atoms with van der Waals surface area (Å²) in [6, 6.07) is 8.44. The number of carbonyl (C=O) groups is 1. The fraction of sp³-hybridized carbons (Fsp3) is 0.118. The number of para-hydroxylation sites is 1. The molecule has 7 heteroatoms. The lowest BCUT2D eigenvalue weighted by Gasteiger charge is -2.10. The van der Waals surface area contributed by atoms with Crippen LogP contribution in [0.2, 0.25) is 0 Å². The summed E-state index contributed by atoms with van der Waals surface area (Å²) in [5.41, 5.74) is 1.04. The van der Waals surface area contributed by atoms with Crippen molar-refractivity contribution in [3.8, 4) is 17.3 Å². The highest BCUT2D eigenvalue weighted by Gasteiger charge is 2.14. The molecule has 1 aromatic carbocycles. The number of imidazole rings is 1. The lowest BCUT2D eigenvalue weighted by atomic mass is 10.1. The predicted molar refractivity (Wildman–Crippen MR) is 87.2 cm³/mol. The molecule has 24 heavy (non-hydrogen) atoms. The molecule has 0 unspecified atom stereocenters. The van der Waals surface area contributed by atoms with Gasteiger partial charge in [0.25, 0.3) is 5.91 Å². The summed E-state index contributed by atoms with van der Waals surface area (Å²) in [6.07, 6.45) is 6.78. The standard InChI is InChI=1S/C17H16N4O3/c1-24-14-4-2-3-13(16(14)22)17(23)20-10-12-5-6-19-15(9-12)21-8-7-18-11-21/h2-9,11,22H,10H2,1H3,(H,20,23). The Morgan fingerprint density at radius 2 is 2.21 bits per heavy atom. The molecular formula is C17H16N4O3. The number of phenolic OH excluding ortho intramolecular Hbond substituents is 1. The van der Waals surface area contributed by atoms with Crippen LogP contribution in [0.25, 0.3) is 5.82 Å². The Hall–Kier alpha value is -3.35. The fourth-order valence-electron chi connectivity index (χ4n) is 2.25. The van der Waals surface area contributed by atoms with Gasteiger partial charge in [-0.3, -0.25) is 9.36 Å². The van der Waals surface area contributed by atoms with Gasteiger partial charge in [0.2, 0.25) is 0 Å². The molecule has 0 fully saturated rings. The second-order valence-electron chi connectivity index (χ2n) is 5.03. The lowest BCUT2D eigenvalue weighted by Crippen LogP contribution is -2.23. The van der Waals surface area contributed by atoms with Crippen molar-refractivity contribution in [3.05, 3.63) is 66.4 Å². The quantitative estimate of drug-likeness (QED) is 0.748. The van der Waals surface area contributed by atoms with Crippen LogP contribution in [0, 0.1) is 0 Å². The van der Waals surface area contributed by atoms with Gasteiger partial charge < -0.3 is 15.2 Å². The Bertz CT molecular complexity index is 847. The van der Waals surface area contributed by atoms with E-state index in [9.17, 15) is 9.90 Å². The highest BCUT2D eigenvalue weighted by molar-refractivity contribution is 5.97. The van der Waals surface area contributed by atoms with Crippen molar-refractivity contribution < 1.29 is 14.6 Å². The molecule has 2 heterocycles. The maximum absolute atomic E-state index is 12.3. The first kappa shape index (κ1) is 15.5. The van der Waals surface area contributed by atoms with Gasteiger partial charge in [0.15, 0.2) is 11.5 Å². The Morgan fingerprint density at radius 3 is 2.96 bits per heavy atom. The topological polar surface area (TPSA) is 89.3 Å². The average molecular weight is 324 g/mol. The molecule has 0 bridgehead atoms. The molecule has 0 radical (unpaired) electrons. The molecule has 0 saturated heterocycles. The average Bonchev–Trinajstić information content (AvgIpc) is 3.15. The zero-order chi connectivity index (χ0) is 16.9. The lowest BCUT2D eigenvalue weighted by molar-refractivity contribution is 0.0947. The van der Waals surface area contributed by atoms with Crippen molar-refractivity contribution in [1.82, 2.24) is 19.9 Å². The molecule has 3 aromatic rings. The summed E-state index contributed by atoms with van der Waals surface area (Å²) in [5, 5.41) is 12.8. The van der Waals surface area contributed by atoms with Crippen LogP contribution in [0.3, 0.4) is 0 Å². The monoisotopic (exact) mass is 324 g/mol. The number of phenols is 1. The van der Waals surface area contributed by atoms with E-state index in [2.05, 4.69) is 15.3 Å². The molecule has 0 aliphatic heterocycles. The molecule has 2 aromatic heterocycles. The van der Waals surface area contributed by atoms with Gasteiger partial charge in [-0.2, -0.15) is 0 Å². The van der Waals surface area contributed by atoms with Gasteiger partial charge in [-0.15, -0.1) is 0 Å². The minimum absolute atomic E-state index is 0.165. The van der Waals surface area contributed by atoms with Gasteiger partial charge in [-0.1, -0.05) is 6.07 Å². The molecule has 1 amide bonds. The van der Waals surface area contributed by atoms with Crippen molar-refractivity contribution in [2.45, 2.75) is 6.54 Å². The van der Waals surface area contributed by atoms with E-state index < -0.39 is 0 Å². The van der Waals surface area contributed by atoms with Crippen LogP contribution in [-0.2, 0) is 6.54 Å². The van der Waals surface area contributed by atoms with Gasteiger partial charge in [0.1, 0.15) is 12.1 Å². The zero-order valence-corrected chi connectivity index (χ0v) is 13.0. The number of hydrogen-bond acceptors (Lipinski definition) is 5.